The van der Waals surface area contributed by atoms with Gasteiger partial charge >= 0.3 is 5.97 Å². The summed E-state index contributed by atoms with van der Waals surface area (Å²) in [7, 11) is 3.30. The number of aliphatic carboxylic acids is 1. The van der Waals surface area contributed by atoms with E-state index in [4.69, 9.17) is 26.2 Å². The first-order chi connectivity index (χ1) is 15.2. The number of ether oxygens (including phenoxy) is 2. The van der Waals surface area contributed by atoms with Gasteiger partial charge in [-0.1, -0.05) is 23.7 Å². The molecule has 7 nitrogen and oxygen atoms in total. The molecule has 1 fully saturated rings. The number of nitrogens with one attached hydrogen (secondary N) is 1. The highest BCUT2D eigenvalue weighted by atomic mass is 35.5. The molecule has 9 heteroatoms. The largest absolute Gasteiger partial charge is 0.496 e. The molecule has 0 bridgehead atoms. The van der Waals surface area contributed by atoms with E-state index in [0.717, 1.165) is 11.1 Å². The molecule has 0 spiro atoms. The fourth-order valence-electron chi connectivity index (χ4n) is 4.05. The van der Waals surface area contributed by atoms with Crippen molar-refractivity contribution in [3.05, 3.63) is 63.6 Å². The molecule has 1 aliphatic rings. The Bertz CT molecular complexity index is 1250. The summed E-state index contributed by atoms with van der Waals surface area (Å²) in [6.07, 6.45) is -0.285. The molecule has 0 unspecified atom stereocenters. The minimum Gasteiger partial charge on any atom is -0.496 e. The maximum atomic E-state index is 14.9. The Kier molecular flexibility index (Phi) is 5.60. The van der Waals surface area contributed by atoms with Crippen molar-refractivity contribution in [2.24, 2.45) is 7.05 Å². The molecule has 1 amide bonds. The van der Waals surface area contributed by atoms with Crippen LogP contribution in [-0.4, -0.2) is 41.9 Å². The molecule has 4 rings (SSSR count). The predicted octanol–water partition coefficient (Wildman–Crippen LogP) is 3.57. The summed E-state index contributed by atoms with van der Waals surface area (Å²) in [5.41, 5.74) is 1.39. The molecule has 0 atom stereocenters. The molecule has 1 saturated heterocycles. The lowest BCUT2D eigenvalue weighted by molar-refractivity contribution is -0.136. The molecular weight excluding hydrogens is 439 g/mol. The zero-order valence-electron chi connectivity index (χ0n) is 17.8. The second kappa shape index (κ2) is 8.11. The number of halogens is 2. The van der Waals surface area contributed by atoms with Crippen molar-refractivity contribution in [2.45, 2.75) is 18.9 Å². The summed E-state index contributed by atoms with van der Waals surface area (Å²) in [6, 6.07) is 7.74. The molecule has 1 aromatic heterocycles. The van der Waals surface area contributed by atoms with Crippen molar-refractivity contribution in [1.29, 1.82) is 0 Å². The number of nitrogens with zero attached hydrogens (tertiary/aromatic N) is 1. The van der Waals surface area contributed by atoms with Crippen LogP contribution < -0.4 is 10.1 Å². The van der Waals surface area contributed by atoms with E-state index in [2.05, 4.69) is 5.32 Å². The topological polar surface area (TPSA) is 89.8 Å². The first-order valence-corrected chi connectivity index (χ1v) is 10.3. The minimum atomic E-state index is -1.05. The van der Waals surface area contributed by atoms with Crippen LogP contribution in [0.2, 0.25) is 5.02 Å². The SMILES string of the molecule is COc1cc2c(cc(C(=O)NC3(c4ccc(CC(=O)O)cc4F)COC3)n2C)c(Cl)c1C. The average molecular weight is 461 g/mol. The van der Waals surface area contributed by atoms with Gasteiger partial charge in [0.25, 0.3) is 5.91 Å². The highest BCUT2D eigenvalue weighted by Gasteiger charge is 2.44. The number of carboxylic acid groups (broad SMARTS) is 1. The lowest BCUT2D eigenvalue weighted by Gasteiger charge is -2.42. The molecular formula is C23H22ClFN2O5. The average Bonchev–Trinajstić information content (AvgIpc) is 3.04. The standard InChI is InChI=1S/C23H22ClFN2O5/c1-12-19(31-3)9-17-14(21(12)24)8-18(27(17)2)22(30)26-23(10-32-11-23)15-5-4-13(6-16(15)25)7-20(28)29/h4-6,8-9H,7,10-11H2,1-3H3,(H,26,30)(H,28,29). The van der Waals surface area contributed by atoms with E-state index < -0.39 is 23.2 Å². The quantitative estimate of drug-likeness (QED) is 0.587. The number of hydrogen-bond donors (Lipinski definition) is 2. The molecule has 0 aliphatic carbocycles. The molecule has 3 aromatic rings. The van der Waals surface area contributed by atoms with E-state index >= 15 is 0 Å². The fourth-order valence-corrected chi connectivity index (χ4v) is 4.30. The summed E-state index contributed by atoms with van der Waals surface area (Å²) in [4.78, 5) is 24.1. The van der Waals surface area contributed by atoms with Crippen LogP contribution in [0.4, 0.5) is 4.39 Å². The van der Waals surface area contributed by atoms with Gasteiger partial charge in [-0.05, 0) is 24.6 Å². The van der Waals surface area contributed by atoms with Gasteiger partial charge in [0.05, 0.1) is 37.3 Å². The zero-order valence-corrected chi connectivity index (χ0v) is 18.5. The molecule has 2 heterocycles. The number of carbonyl (C=O) groups is 2. The minimum absolute atomic E-state index is 0.103. The number of rotatable bonds is 6. The van der Waals surface area contributed by atoms with Crippen molar-refractivity contribution >= 4 is 34.4 Å². The smallest absolute Gasteiger partial charge is 0.307 e. The number of carboxylic acids is 1. The number of amides is 1. The van der Waals surface area contributed by atoms with Gasteiger partial charge in [-0.2, -0.15) is 0 Å². The number of methoxy groups -OCH3 is 1. The van der Waals surface area contributed by atoms with Crippen LogP contribution in [0.1, 0.15) is 27.2 Å². The summed E-state index contributed by atoms with van der Waals surface area (Å²) < 4.78 is 27.3. The highest BCUT2D eigenvalue weighted by Crippen LogP contribution is 2.37. The van der Waals surface area contributed by atoms with Crippen LogP contribution in [0.3, 0.4) is 0 Å². The molecule has 1 aliphatic heterocycles. The maximum Gasteiger partial charge on any atom is 0.307 e. The van der Waals surface area contributed by atoms with E-state index in [0.29, 0.717) is 27.4 Å². The van der Waals surface area contributed by atoms with Gasteiger partial charge in [0.1, 0.15) is 22.8 Å². The predicted molar refractivity (Wildman–Crippen MR) is 117 cm³/mol. The third kappa shape index (κ3) is 3.59. The Morgan fingerprint density at radius 3 is 2.59 bits per heavy atom. The second-order valence-corrected chi connectivity index (χ2v) is 8.33. The van der Waals surface area contributed by atoms with Gasteiger partial charge in [-0.15, -0.1) is 0 Å². The van der Waals surface area contributed by atoms with Crippen LogP contribution in [0.15, 0.2) is 30.3 Å². The van der Waals surface area contributed by atoms with Crippen LogP contribution in [0, 0.1) is 12.7 Å². The van der Waals surface area contributed by atoms with Gasteiger partial charge < -0.3 is 24.5 Å². The van der Waals surface area contributed by atoms with Crippen LogP contribution in [-0.2, 0) is 28.5 Å². The van der Waals surface area contributed by atoms with Crippen molar-refractivity contribution in [1.82, 2.24) is 9.88 Å². The van der Waals surface area contributed by atoms with Crippen molar-refractivity contribution in [2.75, 3.05) is 20.3 Å². The van der Waals surface area contributed by atoms with Gasteiger partial charge in [0.2, 0.25) is 0 Å². The number of hydrogen-bond acceptors (Lipinski definition) is 4. The van der Waals surface area contributed by atoms with Gasteiger partial charge in [-0.25, -0.2) is 4.39 Å². The normalized spacial score (nSPS) is 14.8. The number of aryl methyl sites for hydroxylation is 1. The second-order valence-electron chi connectivity index (χ2n) is 7.95. The summed E-state index contributed by atoms with van der Waals surface area (Å²) in [6.45, 7) is 2.04. The number of carbonyl (C=O) groups excluding carboxylic acids is 1. The summed E-state index contributed by atoms with van der Waals surface area (Å²) in [5.74, 6) is -1.43. The molecule has 0 radical (unpaired) electrons. The van der Waals surface area contributed by atoms with Crippen molar-refractivity contribution < 1.29 is 28.6 Å². The molecule has 0 saturated carbocycles. The van der Waals surface area contributed by atoms with E-state index in [9.17, 15) is 14.0 Å². The van der Waals surface area contributed by atoms with E-state index in [1.165, 1.54) is 12.1 Å². The first-order valence-electron chi connectivity index (χ1n) is 9.90. The third-order valence-electron chi connectivity index (χ3n) is 5.89. The van der Waals surface area contributed by atoms with Gasteiger partial charge in [0.15, 0.2) is 0 Å². The molecule has 2 N–H and O–H groups in total. The Hall–Kier alpha value is -3.10. The maximum absolute atomic E-state index is 14.9. The monoisotopic (exact) mass is 460 g/mol. The van der Waals surface area contributed by atoms with Crippen molar-refractivity contribution in [3.8, 4) is 5.75 Å². The van der Waals surface area contributed by atoms with E-state index in [1.54, 1.807) is 30.9 Å². The number of benzene rings is 2. The van der Waals surface area contributed by atoms with E-state index in [-0.39, 0.29) is 25.2 Å². The Morgan fingerprint density at radius 1 is 1.31 bits per heavy atom. The Balaban J connectivity index is 1.68. The fraction of sp³-hybridized carbons (Fsp3) is 0.304. The van der Waals surface area contributed by atoms with E-state index in [1.807, 2.05) is 13.0 Å². The lowest BCUT2D eigenvalue weighted by Crippen LogP contribution is -2.60. The lowest BCUT2D eigenvalue weighted by atomic mass is 9.86. The van der Waals surface area contributed by atoms with Crippen molar-refractivity contribution in [3.63, 3.8) is 0 Å². The van der Waals surface area contributed by atoms with Gasteiger partial charge in [0, 0.05) is 29.6 Å². The Morgan fingerprint density at radius 2 is 2.03 bits per heavy atom. The number of fused-ring (bicyclic) bond motifs is 1. The molecule has 32 heavy (non-hydrogen) atoms. The first kappa shape index (κ1) is 22.1. The Labute approximate surface area is 188 Å². The van der Waals surface area contributed by atoms with Crippen LogP contribution >= 0.6 is 11.6 Å². The van der Waals surface area contributed by atoms with Crippen LogP contribution in [0.5, 0.6) is 5.75 Å². The van der Waals surface area contributed by atoms with Gasteiger partial charge in [-0.3, -0.25) is 9.59 Å². The molecule has 2 aromatic carbocycles. The third-order valence-corrected chi connectivity index (χ3v) is 6.38. The zero-order chi connectivity index (χ0) is 23.2. The number of aromatic nitrogens is 1. The molecule has 168 valence electrons. The summed E-state index contributed by atoms with van der Waals surface area (Å²) in [5, 5.41) is 13.0. The van der Waals surface area contributed by atoms with Crippen LogP contribution in [0.25, 0.3) is 10.9 Å². The summed E-state index contributed by atoms with van der Waals surface area (Å²) >= 11 is 6.50. The highest BCUT2D eigenvalue weighted by molar-refractivity contribution is 6.36.